The summed E-state index contributed by atoms with van der Waals surface area (Å²) in [5.74, 6) is 0.0343. The lowest BCUT2D eigenvalue weighted by Crippen LogP contribution is -2.14. The number of nitrogens with zero attached hydrogens (tertiary/aromatic N) is 2. The summed E-state index contributed by atoms with van der Waals surface area (Å²) in [7, 11) is 0. The zero-order chi connectivity index (χ0) is 18.7. The average molecular weight is 426 g/mol. The quantitative estimate of drug-likeness (QED) is 0.582. The van der Waals surface area contributed by atoms with Crippen molar-refractivity contribution in [2.24, 2.45) is 0 Å². The van der Waals surface area contributed by atoms with Crippen LogP contribution in [0.3, 0.4) is 0 Å². The maximum atomic E-state index is 12.2. The van der Waals surface area contributed by atoms with Gasteiger partial charge in [0.2, 0.25) is 5.91 Å². The largest absolute Gasteiger partial charge is 0.324 e. The van der Waals surface area contributed by atoms with E-state index in [1.54, 1.807) is 0 Å². The molecule has 0 aliphatic heterocycles. The number of benzene rings is 2. The summed E-state index contributed by atoms with van der Waals surface area (Å²) in [6, 6.07) is 15.5. The Morgan fingerprint density at radius 1 is 1.23 bits per heavy atom. The number of fused-ring (bicyclic) bond motifs is 1. The third-order valence-corrected chi connectivity index (χ3v) is 5.69. The van der Waals surface area contributed by atoms with Crippen molar-refractivity contribution in [3.05, 3.63) is 63.6 Å². The molecule has 0 fully saturated rings. The molecule has 130 valence electrons. The normalized spacial score (nSPS) is 10.5. The first-order chi connectivity index (χ1) is 12.5. The topological polar surface area (TPSA) is 65.8 Å². The molecule has 26 heavy (non-hydrogen) atoms. The first kappa shape index (κ1) is 18.4. The van der Waals surface area contributed by atoms with Crippen molar-refractivity contribution in [3.63, 3.8) is 0 Å². The molecule has 4 nitrogen and oxygen atoms in total. The first-order valence-electron chi connectivity index (χ1n) is 7.97. The van der Waals surface area contributed by atoms with Crippen molar-refractivity contribution in [1.82, 2.24) is 4.98 Å². The van der Waals surface area contributed by atoms with Crippen molar-refractivity contribution in [3.8, 4) is 6.07 Å². The van der Waals surface area contributed by atoms with Gasteiger partial charge in [-0.1, -0.05) is 23.9 Å². The number of carbonyl (C=O) groups is 1. The summed E-state index contributed by atoms with van der Waals surface area (Å²) in [6.45, 7) is 4.07. The minimum atomic E-state index is -0.146. The monoisotopic (exact) mass is 425 g/mol. The number of para-hydroxylation sites is 1. The van der Waals surface area contributed by atoms with Gasteiger partial charge >= 0.3 is 0 Å². The van der Waals surface area contributed by atoms with Gasteiger partial charge < -0.3 is 5.32 Å². The Hall–Kier alpha value is -2.36. The van der Waals surface area contributed by atoms with Gasteiger partial charge in [0.1, 0.15) is 11.1 Å². The Labute approximate surface area is 164 Å². The Balaban J connectivity index is 1.80. The van der Waals surface area contributed by atoms with E-state index in [0.29, 0.717) is 10.6 Å². The van der Waals surface area contributed by atoms with Gasteiger partial charge in [-0.2, -0.15) is 5.26 Å². The number of pyridine rings is 1. The molecule has 0 radical (unpaired) electrons. The van der Waals surface area contributed by atoms with Crippen LogP contribution in [0.15, 0.2) is 52.0 Å². The van der Waals surface area contributed by atoms with Crippen LogP contribution in [0, 0.1) is 25.2 Å². The molecule has 0 aliphatic carbocycles. The second kappa shape index (κ2) is 7.90. The molecular formula is C20H16BrN3OS. The van der Waals surface area contributed by atoms with E-state index in [-0.39, 0.29) is 11.7 Å². The molecule has 1 heterocycles. The highest BCUT2D eigenvalue weighted by Crippen LogP contribution is 2.27. The first-order valence-corrected chi connectivity index (χ1v) is 9.75. The smallest absolute Gasteiger partial charge is 0.234 e. The maximum Gasteiger partial charge on any atom is 0.234 e. The third-order valence-electron chi connectivity index (χ3n) is 4.00. The van der Waals surface area contributed by atoms with E-state index in [4.69, 9.17) is 0 Å². The Bertz CT molecular complexity index is 1040. The minimum Gasteiger partial charge on any atom is -0.324 e. The van der Waals surface area contributed by atoms with E-state index in [1.807, 2.05) is 56.3 Å². The fourth-order valence-corrected chi connectivity index (χ4v) is 3.64. The van der Waals surface area contributed by atoms with Gasteiger partial charge in [-0.15, -0.1) is 0 Å². The summed E-state index contributed by atoms with van der Waals surface area (Å²) < 4.78 is 0.825. The van der Waals surface area contributed by atoms with Gasteiger partial charge in [0.05, 0.1) is 22.5 Å². The van der Waals surface area contributed by atoms with Crippen molar-refractivity contribution >= 4 is 50.2 Å². The summed E-state index contributed by atoms with van der Waals surface area (Å²) in [4.78, 5) is 16.8. The molecule has 0 bridgehead atoms. The number of rotatable bonds is 4. The standard InChI is InChI=1S/C20H16BrN3OS/c1-12-7-14-9-15(10-22)20(24-18(14)8-13(12)2)26-11-19(25)23-17-6-4-3-5-16(17)21/h3-9H,11H2,1-2H3,(H,23,25). The van der Waals surface area contributed by atoms with Gasteiger partial charge in [-0.05, 0) is 71.2 Å². The third kappa shape index (κ3) is 4.06. The number of nitrogens with one attached hydrogen (secondary N) is 1. The number of anilines is 1. The van der Waals surface area contributed by atoms with Crippen LogP contribution in [0.5, 0.6) is 0 Å². The van der Waals surface area contributed by atoms with Crippen LogP contribution in [0.1, 0.15) is 16.7 Å². The second-order valence-electron chi connectivity index (χ2n) is 5.90. The molecule has 1 amide bonds. The highest BCUT2D eigenvalue weighted by Gasteiger charge is 2.12. The predicted octanol–water partition coefficient (Wildman–Crippen LogP) is 5.22. The van der Waals surface area contributed by atoms with Crippen LogP contribution in [0.4, 0.5) is 5.69 Å². The molecule has 2 aromatic carbocycles. The van der Waals surface area contributed by atoms with Crippen molar-refractivity contribution in [2.45, 2.75) is 18.9 Å². The number of thioether (sulfide) groups is 1. The van der Waals surface area contributed by atoms with Crippen molar-refractivity contribution in [2.75, 3.05) is 11.1 Å². The zero-order valence-electron chi connectivity index (χ0n) is 14.3. The molecule has 0 spiro atoms. The molecule has 0 unspecified atom stereocenters. The van der Waals surface area contributed by atoms with Crippen LogP contribution < -0.4 is 5.32 Å². The number of nitriles is 1. The molecule has 3 rings (SSSR count). The van der Waals surface area contributed by atoms with Crippen LogP contribution >= 0.6 is 27.7 Å². The lowest BCUT2D eigenvalue weighted by atomic mass is 10.1. The Kier molecular flexibility index (Phi) is 5.60. The molecule has 0 aliphatic rings. The summed E-state index contributed by atoms with van der Waals surface area (Å²) in [5, 5.41) is 13.8. The minimum absolute atomic E-state index is 0.146. The number of hydrogen-bond donors (Lipinski definition) is 1. The molecule has 0 atom stereocenters. The maximum absolute atomic E-state index is 12.2. The van der Waals surface area contributed by atoms with Crippen LogP contribution in [0.25, 0.3) is 10.9 Å². The number of halogens is 1. The average Bonchev–Trinajstić information content (AvgIpc) is 2.62. The van der Waals surface area contributed by atoms with Gasteiger partial charge in [-0.25, -0.2) is 4.98 Å². The molecule has 6 heteroatoms. The SMILES string of the molecule is Cc1cc2cc(C#N)c(SCC(=O)Nc3ccccc3Br)nc2cc1C. The molecule has 0 saturated heterocycles. The Morgan fingerprint density at radius 2 is 1.96 bits per heavy atom. The second-order valence-corrected chi connectivity index (χ2v) is 7.72. The van der Waals surface area contributed by atoms with Gasteiger partial charge in [0, 0.05) is 9.86 Å². The molecule has 0 saturated carbocycles. The predicted molar refractivity (Wildman–Crippen MR) is 109 cm³/mol. The van der Waals surface area contributed by atoms with Gasteiger partial charge in [0.15, 0.2) is 0 Å². The van der Waals surface area contributed by atoms with Crippen LogP contribution in [-0.2, 0) is 4.79 Å². The summed E-state index contributed by atoms with van der Waals surface area (Å²) in [5.41, 5.74) is 4.35. The number of amides is 1. The highest BCUT2D eigenvalue weighted by atomic mass is 79.9. The van der Waals surface area contributed by atoms with E-state index in [0.717, 1.165) is 32.2 Å². The Morgan fingerprint density at radius 3 is 2.69 bits per heavy atom. The fourth-order valence-electron chi connectivity index (χ4n) is 2.50. The molecular weight excluding hydrogens is 410 g/mol. The summed E-state index contributed by atoms with van der Waals surface area (Å²) in [6.07, 6.45) is 0. The number of aryl methyl sites for hydroxylation is 2. The number of carbonyl (C=O) groups excluding carboxylic acids is 1. The molecule has 1 N–H and O–H groups in total. The molecule has 1 aromatic heterocycles. The van der Waals surface area contributed by atoms with Crippen molar-refractivity contribution < 1.29 is 4.79 Å². The zero-order valence-corrected chi connectivity index (χ0v) is 16.7. The lowest BCUT2D eigenvalue weighted by molar-refractivity contribution is -0.113. The summed E-state index contributed by atoms with van der Waals surface area (Å²) >= 11 is 4.68. The number of hydrogen-bond acceptors (Lipinski definition) is 4. The van der Waals surface area contributed by atoms with E-state index in [9.17, 15) is 10.1 Å². The van der Waals surface area contributed by atoms with Gasteiger partial charge in [-0.3, -0.25) is 4.79 Å². The van der Waals surface area contributed by atoms with E-state index >= 15 is 0 Å². The van der Waals surface area contributed by atoms with E-state index in [2.05, 4.69) is 32.3 Å². The van der Waals surface area contributed by atoms with E-state index in [1.165, 1.54) is 11.8 Å². The highest BCUT2D eigenvalue weighted by molar-refractivity contribution is 9.10. The van der Waals surface area contributed by atoms with Gasteiger partial charge in [0.25, 0.3) is 0 Å². The fraction of sp³-hybridized carbons (Fsp3) is 0.150. The molecule has 3 aromatic rings. The van der Waals surface area contributed by atoms with E-state index < -0.39 is 0 Å². The van der Waals surface area contributed by atoms with Crippen molar-refractivity contribution in [1.29, 1.82) is 5.26 Å². The lowest BCUT2D eigenvalue weighted by Gasteiger charge is -2.09. The van der Waals surface area contributed by atoms with Crippen LogP contribution in [-0.4, -0.2) is 16.6 Å². The van der Waals surface area contributed by atoms with Crippen LogP contribution in [0.2, 0.25) is 0 Å². The number of aromatic nitrogens is 1.